The summed E-state index contributed by atoms with van der Waals surface area (Å²) in [5.41, 5.74) is 7.48. The molecule has 5 heteroatoms. The molecule has 0 aromatic carbocycles. The number of nitrogens with two attached hydrogens (primary N) is 1. The first-order chi connectivity index (χ1) is 9.36. The summed E-state index contributed by atoms with van der Waals surface area (Å²) in [5, 5.41) is 7.44. The van der Waals surface area contributed by atoms with Crippen molar-refractivity contribution in [1.82, 2.24) is 14.8 Å². The van der Waals surface area contributed by atoms with Gasteiger partial charge in [0, 0.05) is 44.5 Å². The molecule has 1 saturated heterocycles. The van der Waals surface area contributed by atoms with E-state index in [2.05, 4.69) is 35.6 Å². The van der Waals surface area contributed by atoms with Crippen molar-refractivity contribution >= 4 is 5.84 Å². The Morgan fingerprint density at radius 1 is 1.30 bits per heavy atom. The number of pyridine rings is 1. The van der Waals surface area contributed by atoms with E-state index in [-0.39, 0.29) is 11.4 Å². The van der Waals surface area contributed by atoms with E-state index < -0.39 is 0 Å². The fourth-order valence-corrected chi connectivity index (χ4v) is 2.55. The molecular weight excluding hydrogens is 250 g/mol. The maximum absolute atomic E-state index is 7.44. The summed E-state index contributed by atoms with van der Waals surface area (Å²) in [6.07, 6.45) is 1.73. The van der Waals surface area contributed by atoms with Gasteiger partial charge >= 0.3 is 0 Å². The van der Waals surface area contributed by atoms with Crippen molar-refractivity contribution in [3.8, 4) is 0 Å². The van der Waals surface area contributed by atoms with E-state index in [0.717, 1.165) is 32.7 Å². The Hall–Kier alpha value is -1.46. The number of aromatic nitrogens is 1. The van der Waals surface area contributed by atoms with E-state index in [4.69, 9.17) is 11.1 Å². The van der Waals surface area contributed by atoms with Crippen LogP contribution in [0, 0.1) is 5.41 Å². The van der Waals surface area contributed by atoms with Gasteiger partial charge in [-0.25, -0.2) is 0 Å². The quantitative estimate of drug-likeness (QED) is 0.644. The summed E-state index contributed by atoms with van der Waals surface area (Å²) in [6.45, 7) is 12.1. The van der Waals surface area contributed by atoms with E-state index in [1.165, 1.54) is 5.56 Å². The molecule has 2 rings (SSSR count). The maximum Gasteiger partial charge on any atom is 0.141 e. The minimum absolute atomic E-state index is 0.0319. The van der Waals surface area contributed by atoms with Gasteiger partial charge < -0.3 is 5.73 Å². The van der Waals surface area contributed by atoms with Crippen LogP contribution >= 0.6 is 0 Å². The largest absolute Gasteiger partial charge is 0.382 e. The van der Waals surface area contributed by atoms with Gasteiger partial charge in [-0.15, -0.1) is 0 Å². The zero-order valence-electron chi connectivity index (χ0n) is 12.7. The van der Waals surface area contributed by atoms with E-state index in [9.17, 15) is 0 Å². The van der Waals surface area contributed by atoms with E-state index in [1.807, 2.05) is 12.1 Å². The summed E-state index contributed by atoms with van der Waals surface area (Å²) in [7, 11) is 0. The molecule has 0 saturated carbocycles. The predicted octanol–water partition coefficient (Wildman–Crippen LogP) is 1.28. The SMILES string of the molecule is CC(C)(C)N1CCN(Cc2ccnc(C(=N)N)c2)CC1. The van der Waals surface area contributed by atoms with E-state index >= 15 is 0 Å². The second-order valence-corrected chi connectivity index (χ2v) is 6.40. The molecule has 0 spiro atoms. The monoisotopic (exact) mass is 275 g/mol. The van der Waals surface area contributed by atoms with Gasteiger partial charge in [0.1, 0.15) is 11.5 Å². The van der Waals surface area contributed by atoms with Crippen molar-refractivity contribution in [2.75, 3.05) is 26.2 Å². The lowest BCUT2D eigenvalue weighted by atomic mass is 10.0. The summed E-state index contributed by atoms with van der Waals surface area (Å²) >= 11 is 0. The van der Waals surface area contributed by atoms with E-state index in [0.29, 0.717) is 5.69 Å². The Balaban J connectivity index is 1.93. The number of hydrogen-bond donors (Lipinski definition) is 2. The molecular formula is C15H25N5. The summed E-state index contributed by atoms with van der Waals surface area (Å²) in [6, 6.07) is 3.92. The lowest BCUT2D eigenvalue weighted by molar-refractivity contribution is 0.0591. The number of nitrogens with zero attached hydrogens (tertiary/aromatic N) is 3. The van der Waals surface area contributed by atoms with Crippen LogP contribution in [0.15, 0.2) is 18.3 Å². The molecule has 3 N–H and O–H groups in total. The molecule has 1 fully saturated rings. The first kappa shape index (κ1) is 14.9. The molecule has 0 radical (unpaired) electrons. The number of nitrogens with one attached hydrogen (secondary N) is 1. The minimum Gasteiger partial charge on any atom is -0.382 e. The summed E-state index contributed by atoms with van der Waals surface area (Å²) in [5.74, 6) is 0.0319. The first-order valence-corrected chi connectivity index (χ1v) is 7.13. The van der Waals surface area contributed by atoms with Gasteiger partial charge in [0.15, 0.2) is 0 Å². The average Bonchev–Trinajstić information content (AvgIpc) is 2.38. The van der Waals surface area contributed by atoms with Crippen LogP contribution < -0.4 is 5.73 Å². The number of piperazine rings is 1. The highest BCUT2D eigenvalue weighted by Gasteiger charge is 2.25. The average molecular weight is 275 g/mol. The van der Waals surface area contributed by atoms with Crippen molar-refractivity contribution in [3.05, 3.63) is 29.6 Å². The highest BCUT2D eigenvalue weighted by Crippen LogP contribution is 2.17. The van der Waals surface area contributed by atoms with Gasteiger partial charge in [0.25, 0.3) is 0 Å². The van der Waals surface area contributed by atoms with Crippen LogP contribution in [-0.4, -0.2) is 52.3 Å². The molecule has 1 aromatic rings. The third-order valence-electron chi connectivity index (χ3n) is 3.83. The zero-order chi connectivity index (χ0) is 14.8. The molecule has 0 unspecified atom stereocenters. The normalized spacial score (nSPS) is 18.1. The second-order valence-electron chi connectivity index (χ2n) is 6.40. The number of nitrogen functional groups attached to an aromatic ring is 1. The smallest absolute Gasteiger partial charge is 0.141 e. The zero-order valence-corrected chi connectivity index (χ0v) is 12.7. The van der Waals surface area contributed by atoms with Gasteiger partial charge in [-0.2, -0.15) is 0 Å². The molecule has 1 aromatic heterocycles. The van der Waals surface area contributed by atoms with Crippen molar-refractivity contribution in [1.29, 1.82) is 5.41 Å². The number of hydrogen-bond acceptors (Lipinski definition) is 4. The van der Waals surface area contributed by atoms with Gasteiger partial charge in [-0.3, -0.25) is 20.2 Å². The summed E-state index contributed by atoms with van der Waals surface area (Å²) < 4.78 is 0. The number of amidine groups is 1. The lowest BCUT2D eigenvalue weighted by Gasteiger charge is -2.42. The molecule has 0 atom stereocenters. The standard InChI is InChI=1S/C15H25N5/c1-15(2,3)20-8-6-19(7-9-20)11-12-4-5-18-13(10-12)14(16)17/h4-5,10H,6-9,11H2,1-3H3,(H3,16,17). The van der Waals surface area contributed by atoms with Gasteiger partial charge in [-0.1, -0.05) is 0 Å². The van der Waals surface area contributed by atoms with Crippen LogP contribution in [0.4, 0.5) is 0 Å². The molecule has 0 amide bonds. The van der Waals surface area contributed by atoms with Crippen LogP contribution in [0.2, 0.25) is 0 Å². The van der Waals surface area contributed by atoms with Crippen LogP contribution in [-0.2, 0) is 6.54 Å². The van der Waals surface area contributed by atoms with E-state index in [1.54, 1.807) is 6.20 Å². The molecule has 5 nitrogen and oxygen atoms in total. The predicted molar refractivity (Wildman–Crippen MR) is 81.9 cm³/mol. The van der Waals surface area contributed by atoms with Crippen LogP contribution in [0.25, 0.3) is 0 Å². The molecule has 20 heavy (non-hydrogen) atoms. The highest BCUT2D eigenvalue weighted by molar-refractivity contribution is 5.93. The van der Waals surface area contributed by atoms with Crippen LogP contribution in [0.5, 0.6) is 0 Å². The fraction of sp³-hybridized carbons (Fsp3) is 0.600. The fourth-order valence-electron chi connectivity index (χ4n) is 2.55. The minimum atomic E-state index is 0.0319. The van der Waals surface area contributed by atoms with Crippen LogP contribution in [0.3, 0.4) is 0 Å². The Labute approximate surface area is 121 Å². The van der Waals surface area contributed by atoms with Crippen molar-refractivity contribution in [3.63, 3.8) is 0 Å². The topological polar surface area (TPSA) is 69.2 Å². The molecule has 1 aliphatic heterocycles. The Kier molecular flexibility index (Phi) is 4.40. The van der Waals surface area contributed by atoms with Crippen molar-refractivity contribution < 1.29 is 0 Å². The molecule has 0 bridgehead atoms. The highest BCUT2D eigenvalue weighted by atomic mass is 15.3. The van der Waals surface area contributed by atoms with Crippen LogP contribution in [0.1, 0.15) is 32.0 Å². The first-order valence-electron chi connectivity index (χ1n) is 7.13. The van der Waals surface area contributed by atoms with Gasteiger partial charge in [0.2, 0.25) is 0 Å². The second kappa shape index (κ2) is 5.89. The summed E-state index contributed by atoms with van der Waals surface area (Å²) in [4.78, 5) is 9.07. The maximum atomic E-state index is 7.44. The Morgan fingerprint density at radius 3 is 2.50 bits per heavy atom. The Bertz CT molecular complexity index is 469. The Morgan fingerprint density at radius 2 is 1.95 bits per heavy atom. The third kappa shape index (κ3) is 3.77. The molecule has 110 valence electrons. The third-order valence-corrected chi connectivity index (χ3v) is 3.83. The molecule has 1 aliphatic rings. The molecule has 0 aliphatic carbocycles. The molecule has 2 heterocycles. The van der Waals surface area contributed by atoms with Gasteiger partial charge in [-0.05, 0) is 38.5 Å². The van der Waals surface area contributed by atoms with Gasteiger partial charge in [0.05, 0.1) is 0 Å². The lowest BCUT2D eigenvalue weighted by Crippen LogP contribution is -2.53. The van der Waals surface area contributed by atoms with Crippen molar-refractivity contribution in [2.45, 2.75) is 32.9 Å². The number of rotatable bonds is 3. The van der Waals surface area contributed by atoms with Crippen molar-refractivity contribution in [2.24, 2.45) is 5.73 Å².